The van der Waals surface area contributed by atoms with Crippen molar-refractivity contribution in [2.24, 2.45) is 0 Å². The number of rotatable bonds is 10. The molecular weight excluding hydrogens is 346 g/mol. The molecule has 0 radical (unpaired) electrons. The molecule has 0 unspecified atom stereocenters. The number of benzene rings is 1. The highest BCUT2D eigenvalue weighted by Gasteiger charge is 2.13. The predicted molar refractivity (Wildman–Crippen MR) is 92.7 cm³/mol. The average molecular weight is 372 g/mol. The lowest BCUT2D eigenvalue weighted by Crippen LogP contribution is -2.26. The largest absolute Gasteiger partial charge is 0.490 e. The van der Waals surface area contributed by atoms with E-state index in [1.165, 1.54) is 0 Å². The van der Waals surface area contributed by atoms with Crippen LogP contribution in [0.2, 0.25) is 0 Å². The summed E-state index contributed by atoms with van der Waals surface area (Å²) in [7, 11) is 0. The number of hydrogen-bond acceptors (Lipinski definition) is 3. The summed E-state index contributed by atoms with van der Waals surface area (Å²) in [4.78, 5) is 12.0. The average Bonchev–Trinajstić information content (AvgIpc) is 2.49. The lowest BCUT2D eigenvalue weighted by molar-refractivity contribution is -0.120. The van der Waals surface area contributed by atoms with Gasteiger partial charge in [0.25, 0.3) is 0 Å². The Hall–Kier alpha value is -1.23. The second-order valence-corrected chi connectivity index (χ2v) is 5.84. The summed E-state index contributed by atoms with van der Waals surface area (Å²) in [5.41, 5.74) is 0.903. The summed E-state index contributed by atoms with van der Waals surface area (Å²) >= 11 is 3.51. The second-order valence-electron chi connectivity index (χ2n) is 4.99. The summed E-state index contributed by atoms with van der Waals surface area (Å²) in [6.45, 7) is 7.88. The highest BCUT2D eigenvalue weighted by molar-refractivity contribution is 9.10. The van der Waals surface area contributed by atoms with Gasteiger partial charge >= 0.3 is 0 Å². The molecular formula is C17H26BrNO3. The van der Waals surface area contributed by atoms with Gasteiger partial charge in [0, 0.05) is 11.0 Å². The number of hydrogen-bond donors (Lipinski definition) is 1. The van der Waals surface area contributed by atoms with Crippen molar-refractivity contribution >= 4 is 21.8 Å². The van der Waals surface area contributed by atoms with E-state index in [0.29, 0.717) is 31.1 Å². The lowest BCUT2D eigenvalue weighted by atomic mass is 10.1. The second kappa shape index (κ2) is 10.5. The molecule has 1 rings (SSSR count). The molecule has 0 fully saturated rings. The van der Waals surface area contributed by atoms with E-state index in [2.05, 4.69) is 28.2 Å². The summed E-state index contributed by atoms with van der Waals surface area (Å²) in [5.74, 6) is 1.41. The van der Waals surface area contributed by atoms with Crippen molar-refractivity contribution in [3.63, 3.8) is 0 Å². The van der Waals surface area contributed by atoms with Crippen LogP contribution in [0.3, 0.4) is 0 Å². The van der Waals surface area contributed by atoms with Crippen molar-refractivity contribution < 1.29 is 14.3 Å². The van der Waals surface area contributed by atoms with Crippen LogP contribution in [-0.4, -0.2) is 25.7 Å². The van der Waals surface area contributed by atoms with Crippen LogP contribution in [0, 0.1) is 0 Å². The maximum Gasteiger partial charge on any atom is 0.224 e. The number of unbranched alkanes of at least 4 members (excludes halogenated alkanes) is 2. The SMILES string of the molecule is CCCCCNC(=O)Cc1cc(OCC)c(OCC)cc1Br. The molecule has 0 spiro atoms. The number of carbonyl (C=O) groups excluding carboxylic acids is 1. The fourth-order valence-electron chi connectivity index (χ4n) is 2.09. The van der Waals surface area contributed by atoms with Gasteiger partial charge in [-0.25, -0.2) is 0 Å². The Morgan fingerprint density at radius 1 is 1.09 bits per heavy atom. The van der Waals surface area contributed by atoms with Crippen LogP contribution >= 0.6 is 15.9 Å². The summed E-state index contributed by atoms with van der Waals surface area (Å²) in [6, 6.07) is 3.75. The Morgan fingerprint density at radius 2 is 1.73 bits per heavy atom. The molecule has 0 aliphatic heterocycles. The Kier molecular flexibility index (Phi) is 8.97. The first-order valence-electron chi connectivity index (χ1n) is 7.97. The minimum Gasteiger partial charge on any atom is -0.490 e. The fourth-order valence-corrected chi connectivity index (χ4v) is 2.55. The Morgan fingerprint density at radius 3 is 2.32 bits per heavy atom. The van der Waals surface area contributed by atoms with Crippen molar-refractivity contribution in [3.8, 4) is 11.5 Å². The van der Waals surface area contributed by atoms with Crippen molar-refractivity contribution in [2.75, 3.05) is 19.8 Å². The first kappa shape index (κ1) is 18.8. The standard InChI is InChI=1S/C17H26BrNO3/c1-4-7-8-9-19-17(20)11-13-10-15(21-5-2)16(22-6-3)12-14(13)18/h10,12H,4-9,11H2,1-3H3,(H,19,20). The van der Waals surface area contributed by atoms with Crippen LogP contribution < -0.4 is 14.8 Å². The fraction of sp³-hybridized carbons (Fsp3) is 0.588. The van der Waals surface area contributed by atoms with Crippen molar-refractivity contribution in [1.82, 2.24) is 5.32 Å². The van der Waals surface area contributed by atoms with Gasteiger partial charge in [-0.1, -0.05) is 35.7 Å². The van der Waals surface area contributed by atoms with Gasteiger partial charge in [-0.05, 0) is 38.0 Å². The third-order valence-corrected chi connectivity index (χ3v) is 3.90. The summed E-state index contributed by atoms with van der Waals surface area (Å²) in [6.07, 6.45) is 3.65. The van der Waals surface area contributed by atoms with Crippen LogP contribution in [0.25, 0.3) is 0 Å². The number of nitrogens with one attached hydrogen (secondary N) is 1. The smallest absolute Gasteiger partial charge is 0.224 e. The highest BCUT2D eigenvalue weighted by atomic mass is 79.9. The predicted octanol–water partition coefficient (Wildman–Crippen LogP) is 4.10. The molecule has 1 aromatic rings. The maximum absolute atomic E-state index is 12.0. The lowest BCUT2D eigenvalue weighted by Gasteiger charge is -2.14. The molecule has 4 nitrogen and oxygen atoms in total. The van der Waals surface area contributed by atoms with Gasteiger partial charge in [0.15, 0.2) is 11.5 Å². The normalized spacial score (nSPS) is 10.4. The molecule has 0 aliphatic rings. The number of halogens is 1. The summed E-state index contributed by atoms with van der Waals surface area (Å²) in [5, 5.41) is 2.95. The van der Waals surface area contributed by atoms with Crippen molar-refractivity contribution in [1.29, 1.82) is 0 Å². The third kappa shape index (κ3) is 6.26. The van der Waals surface area contributed by atoms with Gasteiger partial charge < -0.3 is 14.8 Å². The van der Waals surface area contributed by atoms with Crippen LogP contribution in [0.15, 0.2) is 16.6 Å². The van der Waals surface area contributed by atoms with Gasteiger partial charge in [0.2, 0.25) is 5.91 Å². The highest BCUT2D eigenvalue weighted by Crippen LogP contribution is 2.34. The van der Waals surface area contributed by atoms with E-state index in [-0.39, 0.29) is 5.91 Å². The number of ether oxygens (including phenoxy) is 2. The van der Waals surface area contributed by atoms with Crippen molar-refractivity contribution in [3.05, 3.63) is 22.2 Å². The van der Waals surface area contributed by atoms with E-state index in [0.717, 1.165) is 35.8 Å². The quantitative estimate of drug-likeness (QED) is 0.629. The van der Waals surface area contributed by atoms with Gasteiger partial charge in [0.1, 0.15) is 0 Å². The van der Waals surface area contributed by atoms with E-state index in [4.69, 9.17) is 9.47 Å². The van der Waals surface area contributed by atoms with Crippen LogP contribution in [0.1, 0.15) is 45.6 Å². The van der Waals surface area contributed by atoms with Gasteiger partial charge in [-0.2, -0.15) is 0 Å². The minimum atomic E-state index is 0.0309. The molecule has 1 amide bonds. The van der Waals surface area contributed by atoms with Crippen LogP contribution in [0.4, 0.5) is 0 Å². The molecule has 124 valence electrons. The van der Waals surface area contributed by atoms with Crippen molar-refractivity contribution in [2.45, 2.75) is 46.5 Å². The van der Waals surface area contributed by atoms with E-state index in [1.807, 2.05) is 26.0 Å². The molecule has 1 aromatic carbocycles. The number of carbonyl (C=O) groups is 1. The molecule has 0 saturated heterocycles. The Bertz CT molecular complexity index is 477. The zero-order chi connectivity index (χ0) is 16.4. The molecule has 0 heterocycles. The minimum absolute atomic E-state index is 0.0309. The van der Waals surface area contributed by atoms with E-state index in [9.17, 15) is 4.79 Å². The molecule has 0 aliphatic carbocycles. The van der Waals surface area contributed by atoms with Gasteiger partial charge in [0.05, 0.1) is 19.6 Å². The van der Waals surface area contributed by atoms with Gasteiger partial charge in [-0.15, -0.1) is 0 Å². The first-order chi connectivity index (χ1) is 10.6. The van der Waals surface area contributed by atoms with E-state index >= 15 is 0 Å². The van der Waals surface area contributed by atoms with Crippen LogP contribution in [-0.2, 0) is 11.2 Å². The zero-order valence-corrected chi connectivity index (χ0v) is 15.3. The molecule has 0 bridgehead atoms. The van der Waals surface area contributed by atoms with E-state index < -0.39 is 0 Å². The zero-order valence-electron chi connectivity index (χ0n) is 13.7. The molecule has 22 heavy (non-hydrogen) atoms. The maximum atomic E-state index is 12.0. The molecule has 5 heteroatoms. The molecule has 0 atom stereocenters. The molecule has 0 saturated carbocycles. The Balaban J connectivity index is 2.72. The van der Waals surface area contributed by atoms with E-state index in [1.54, 1.807) is 0 Å². The molecule has 1 N–H and O–H groups in total. The van der Waals surface area contributed by atoms with Crippen LogP contribution in [0.5, 0.6) is 11.5 Å². The monoisotopic (exact) mass is 371 g/mol. The first-order valence-corrected chi connectivity index (χ1v) is 8.76. The van der Waals surface area contributed by atoms with Gasteiger partial charge in [-0.3, -0.25) is 4.79 Å². The summed E-state index contributed by atoms with van der Waals surface area (Å²) < 4.78 is 12.0. The number of amides is 1. The topological polar surface area (TPSA) is 47.6 Å². The third-order valence-electron chi connectivity index (χ3n) is 3.17. The molecule has 0 aromatic heterocycles. The Labute approximate surface area is 141 Å².